The van der Waals surface area contributed by atoms with Gasteiger partial charge in [0.1, 0.15) is 11.6 Å². The van der Waals surface area contributed by atoms with Gasteiger partial charge < -0.3 is 10.6 Å². The number of benzene rings is 2. The average Bonchev–Trinajstić information content (AvgIpc) is 2.60. The summed E-state index contributed by atoms with van der Waals surface area (Å²) in [6, 6.07) is 11.6. The van der Waals surface area contributed by atoms with Gasteiger partial charge in [-0.05, 0) is 31.9 Å². The Morgan fingerprint density at radius 1 is 1.08 bits per heavy atom. The van der Waals surface area contributed by atoms with E-state index in [1.54, 1.807) is 6.92 Å². The highest BCUT2D eigenvalue weighted by molar-refractivity contribution is 5.88. The Hall–Kier alpha value is -2.60. The number of halogens is 2. The number of nitrogens with one attached hydrogen (secondary N) is 2. The van der Waals surface area contributed by atoms with Gasteiger partial charge in [-0.3, -0.25) is 9.59 Å². The number of ketones is 1. The number of hydrogen-bond acceptors (Lipinski definition) is 3. The monoisotopic (exact) mass is 360 g/mol. The second-order valence-electron chi connectivity index (χ2n) is 6.19. The molecule has 2 rings (SSSR count). The number of hydrogen-bond donors (Lipinski definition) is 2. The van der Waals surface area contributed by atoms with Crippen molar-refractivity contribution >= 4 is 11.7 Å². The molecule has 0 spiro atoms. The van der Waals surface area contributed by atoms with E-state index in [4.69, 9.17) is 0 Å². The Labute approximate surface area is 151 Å². The highest BCUT2D eigenvalue weighted by atomic mass is 19.1. The summed E-state index contributed by atoms with van der Waals surface area (Å²) in [5, 5.41) is 5.57. The van der Waals surface area contributed by atoms with Crippen molar-refractivity contribution in [3.8, 4) is 0 Å². The highest BCUT2D eigenvalue weighted by Gasteiger charge is 2.18. The summed E-state index contributed by atoms with van der Waals surface area (Å²) >= 11 is 0. The van der Waals surface area contributed by atoms with Gasteiger partial charge in [-0.2, -0.15) is 0 Å². The summed E-state index contributed by atoms with van der Waals surface area (Å²) in [6.07, 6.45) is 0.407. The standard InChI is InChI=1S/C20H22F2N2O2/c1-13(17-9-8-16(21)11-18(17)22)23-12-20(26)24-19(14(2)25)10-15-6-4-3-5-7-15/h3-9,11,13,19,23H,10,12H2,1-2H3,(H,24,26)/t13-,19+/m1/s1. The van der Waals surface area contributed by atoms with Crippen LogP contribution in [0.1, 0.15) is 31.0 Å². The lowest BCUT2D eigenvalue weighted by atomic mass is 10.0. The minimum absolute atomic E-state index is 0.0868. The van der Waals surface area contributed by atoms with Crippen LogP contribution < -0.4 is 10.6 Å². The minimum Gasteiger partial charge on any atom is -0.345 e. The van der Waals surface area contributed by atoms with Gasteiger partial charge >= 0.3 is 0 Å². The predicted molar refractivity (Wildman–Crippen MR) is 95.5 cm³/mol. The van der Waals surface area contributed by atoms with Crippen LogP contribution in [0.5, 0.6) is 0 Å². The average molecular weight is 360 g/mol. The lowest BCUT2D eigenvalue weighted by Gasteiger charge is -2.18. The largest absolute Gasteiger partial charge is 0.345 e. The second-order valence-corrected chi connectivity index (χ2v) is 6.19. The van der Waals surface area contributed by atoms with E-state index in [1.807, 2.05) is 30.3 Å². The van der Waals surface area contributed by atoms with Crippen molar-refractivity contribution in [2.45, 2.75) is 32.4 Å². The molecule has 4 nitrogen and oxygen atoms in total. The second kappa shape index (κ2) is 9.20. The molecule has 1 amide bonds. The quantitative estimate of drug-likeness (QED) is 0.761. The Kier molecular flexibility index (Phi) is 6.97. The first kappa shape index (κ1) is 19.7. The molecule has 2 N–H and O–H groups in total. The molecule has 0 aliphatic rings. The van der Waals surface area contributed by atoms with Crippen LogP contribution >= 0.6 is 0 Å². The summed E-state index contributed by atoms with van der Waals surface area (Å²) in [5.74, 6) is -1.83. The first-order valence-electron chi connectivity index (χ1n) is 8.39. The fourth-order valence-electron chi connectivity index (χ4n) is 2.60. The van der Waals surface area contributed by atoms with Crippen molar-refractivity contribution in [1.29, 1.82) is 0 Å². The first-order chi connectivity index (χ1) is 12.4. The van der Waals surface area contributed by atoms with Crippen LogP contribution in [-0.4, -0.2) is 24.3 Å². The van der Waals surface area contributed by atoms with E-state index in [2.05, 4.69) is 10.6 Å². The number of carbonyl (C=O) groups excluding carboxylic acids is 2. The molecule has 0 unspecified atom stereocenters. The molecule has 2 atom stereocenters. The number of Topliss-reactive ketones (excluding diaryl/α,β-unsaturated/α-hetero) is 1. The number of carbonyl (C=O) groups is 2. The highest BCUT2D eigenvalue weighted by Crippen LogP contribution is 2.17. The van der Waals surface area contributed by atoms with E-state index >= 15 is 0 Å². The molecule has 0 radical (unpaired) electrons. The third-order valence-corrected chi connectivity index (χ3v) is 4.11. The van der Waals surface area contributed by atoms with Crippen molar-refractivity contribution in [2.75, 3.05) is 6.54 Å². The van der Waals surface area contributed by atoms with Crippen LogP contribution in [0.4, 0.5) is 8.78 Å². The number of rotatable bonds is 8. The minimum atomic E-state index is -0.670. The third kappa shape index (κ3) is 5.74. The lowest BCUT2D eigenvalue weighted by Crippen LogP contribution is -2.45. The molecule has 26 heavy (non-hydrogen) atoms. The van der Waals surface area contributed by atoms with Gasteiger partial charge in [-0.25, -0.2) is 8.78 Å². The summed E-state index contributed by atoms with van der Waals surface area (Å²) in [4.78, 5) is 23.9. The molecular formula is C20H22F2N2O2. The van der Waals surface area contributed by atoms with Crippen LogP contribution in [0.3, 0.4) is 0 Å². The zero-order valence-corrected chi connectivity index (χ0v) is 14.8. The van der Waals surface area contributed by atoms with Gasteiger partial charge in [0.25, 0.3) is 0 Å². The van der Waals surface area contributed by atoms with E-state index in [9.17, 15) is 18.4 Å². The SMILES string of the molecule is CC(=O)[C@H](Cc1ccccc1)NC(=O)CN[C@H](C)c1ccc(F)cc1F. The molecule has 2 aromatic rings. The summed E-state index contributed by atoms with van der Waals surface area (Å²) in [5.41, 5.74) is 1.22. The third-order valence-electron chi connectivity index (χ3n) is 4.11. The Morgan fingerprint density at radius 2 is 1.77 bits per heavy atom. The van der Waals surface area contributed by atoms with Crippen LogP contribution in [0, 0.1) is 11.6 Å². The Bertz CT molecular complexity index is 766. The van der Waals surface area contributed by atoms with Crippen molar-refractivity contribution < 1.29 is 18.4 Å². The van der Waals surface area contributed by atoms with E-state index in [1.165, 1.54) is 19.1 Å². The summed E-state index contributed by atoms with van der Waals surface area (Å²) in [7, 11) is 0. The van der Waals surface area contributed by atoms with Gasteiger partial charge in [0.15, 0.2) is 5.78 Å². The van der Waals surface area contributed by atoms with Crippen molar-refractivity contribution in [3.05, 3.63) is 71.3 Å². The smallest absolute Gasteiger partial charge is 0.234 e. The summed E-state index contributed by atoms with van der Waals surface area (Å²) in [6.45, 7) is 3.02. The van der Waals surface area contributed by atoms with Gasteiger partial charge in [-0.15, -0.1) is 0 Å². The van der Waals surface area contributed by atoms with Crippen molar-refractivity contribution in [1.82, 2.24) is 10.6 Å². The zero-order chi connectivity index (χ0) is 19.1. The van der Waals surface area contributed by atoms with Crippen molar-refractivity contribution in [2.24, 2.45) is 0 Å². The van der Waals surface area contributed by atoms with Crippen molar-refractivity contribution in [3.63, 3.8) is 0 Å². The molecule has 0 heterocycles. The molecule has 2 aromatic carbocycles. The van der Waals surface area contributed by atoms with Gasteiger partial charge in [0.2, 0.25) is 5.91 Å². The van der Waals surface area contributed by atoms with Crippen LogP contribution in [0.15, 0.2) is 48.5 Å². The maximum Gasteiger partial charge on any atom is 0.234 e. The molecular weight excluding hydrogens is 338 g/mol. The van der Waals surface area contributed by atoms with Gasteiger partial charge in [0, 0.05) is 17.7 Å². The van der Waals surface area contributed by atoms with Crippen LogP contribution in [-0.2, 0) is 16.0 Å². The Balaban J connectivity index is 1.90. The van der Waals surface area contributed by atoms with E-state index in [0.717, 1.165) is 11.6 Å². The van der Waals surface area contributed by atoms with E-state index in [-0.39, 0.29) is 23.8 Å². The molecule has 138 valence electrons. The molecule has 0 saturated carbocycles. The van der Waals surface area contributed by atoms with Crippen LogP contribution in [0.25, 0.3) is 0 Å². The molecule has 6 heteroatoms. The summed E-state index contributed by atoms with van der Waals surface area (Å²) < 4.78 is 26.7. The normalized spacial score (nSPS) is 13.1. The maximum atomic E-state index is 13.8. The van der Waals surface area contributed by atoms with Gasteiger partial charge in [-0.1, -0.05) is 36.4 Å². The molecule has 0 aliphatic heterocycles. The molecule has 0 aliphatic carbocycles. The van der Waals surface area contributed by atoms with E-state index in [0.29, 0.717) is 6.42 Å². The molecule has 0 fully saturated rings. The van der Waals surface area contributed by atoms with E-state index < -0.39 is 23.7 Å². The van der Waals surface area contributed by atoms with Crippen LogP contribution in [0.2, 0.25) is 0 Å². The lowest BCUT2D eigenvalue weighted by molar-refractivity contribution is -0.126. The fraction of sp³-hybridized carbons (Fsp3) is 0.300. The fourth-order valence-corrected chi connectivity index (χ4v) is 2.60. The molecule has 0 aromatic heterocycles. The zero-order valence-electron chi connectivity index (χ0n) is 14.8. The van der Waals surface area contributed by atoms with Gasteiger partial charge in [0.05, 0.1) is 12.6 Å². The first-order valence-corrected chi connectivity index (χ1v) is 8.39. The molecule has 0 bridgehead atoms. The Morgan fingerprint density at radius 3 is 2.38 bits per heavy atom. The predicted octanol–water partition coefficient (Wildman–Crippen LogP) is 2.93. The topological polar surface area (TPSA) is 58.2 Å². The maximum absolute atomic E-state index is 13.8. The molecule has 0 saturated heterocycles. The number of amides is 1.